The summed E-state index contributed by atoms with van der Waals surface area (Å²) >= 11 is 0. The zero-order valence-electron chi connectivity index (χ0n) is 10.6. The van der Waals surface area contributed by atoms with Crippen molar-refractivity contribution in [2.75, 3.05) is 7.11 Å². The minimum Gasteiger partial charge on any atom is -0.480 e. The van der Waals surface area contributed by atoms with Crippen LogP contribution in [0.4, 0.5) is 0 Å². The van der Waals surface area contributed by atoms with Gasteiger partial charge in [-0.1, -0.05) is 19.8 Å². The molecule has 0 aliphatic heterocycles. The Bertz CT molecular complexity index is 352. The maximum atomic E-state index is 6.28. The van der Waals surface area contributed by atoms with Gasteiger partial charge < -0.3 is 10.5 Å². The Morgan fingerprint density at radius 1 is 1.35 bits per heavy atom. The summed E-state index contributed by atoms with van der Waals surface area (Å²) in [4.78, 5) is 0. The molecule has 1 aromatic heterocycles. The molecule has 94 valence electrons. The lowest BCUT2D eigenvalue weighted by Gasteiger charge is -2.30. The van der Waals surface area contributed by atoms with Crippen LogP contribution in [-0.2, 0) is 0 Å². The average molecular weight is 235 g/mol. The molecule has 4 heteroatoms. The lowest BCUT2D eigenvalue weighted by Crippen LogP contribution is -2.27. The smallest absolute Gasteiger partial charge is 0.233 e. The molecule has 3 unspecified atom stereocenters. The van der Waals surface area contributed by atoms with Crippen LogP contribution >= 0.6 is 0 Å². The molecular formula is C13H21N3O. The first-order chi connectivity index (χ1) is 8.20. The Balaban J connectivity index is 2.04. The van der Waals surface area contributed by atoms with E-state index in [4.69, 9.17) is 10.5 Å². The average Bonchev–Trinajstić information content (AvgIpc) is 2.38. The van der Waals surface area contributed by atoms with E-state index in [1.807, 2.05) is 12.1 Å². The topological polar surface area (TPSA) is 61.0 Å². The Labute approximate surface area is 103 Å². The number of hydrogen-bond acceptors (Lipinski definition) is 4. The van der Waals surface area contributed by atoms with E-state index in [1.165, 1.54) is 25.7 Å². The molecule has 1 aromatic rings. The highest BCUT2D eigenvalue weighted by molar-refractivity contribution is 5.14. The van der Waals surface area contributed by atoms with E-state index in [-0.39, 0.29) is 6.04 Å². The SMILES string of the molecule is COc1ccc(C(N)C2CCCC(C)C2)nn1. The molecule has 17 heavy (non-hydrogen) atoms. The molecule has 0 saturated heterocycles. The zero-order chi connectivity index (χ0) is 12.3. The first kappa shape index (κ1) is 12.3. The minimum atomic E-state index is 0.0103. The lowest BCUT2D eigenvalue weighted by atomic mass is 9.78. The predicted molar refractivity (Wildman–Crippen MR) is 66.6 cm³/mol. The summed E-state index contributed by atoms with van der Waals surface area (Å²) in [5.74, 6) is 1.87. The molecule has 3 atom stereocenters. The van der Waals surface area contributed by atoms with E-state index in [0.29, 0.717) is 11.8 Å². The molecule has 0 aromatic carbocycles. The molecular weight excluding hydrogens is 214 g/mol. The third kappa shape index (κ3) is 2.94. The van der Waals surface area contributed by atoms with Gasteiger partial charge in [0.05, 0.1) is 18.8 Å². The van der Waals surface area contributed by atoms with Gasteiger partial charge in [0.1, 0.15) is 0 Å². The summed E-state index contributed by atoms with van der Waals surface area (Å²) in [5, 5.41) is 8.13. The lowest BCUT2D eigenvalue weighted by molar-refractivity contribution is 0.244. The van der Waals surface area contributed by atoms with Crippen LogP contribution in [0.1, 0.15) is 44.3 Å². The monoisotopic (exact) mass is 235 g/mol. The first-order valence-electron chi connectivity index (χ1n) is 6.34. The molecule has 1 aliphatic carbocycles. The molecule has 0 radical (unpaired) electrons. The number of nitrogens with two attached hydrogens (primary N) is 1. The molecule has 2 N–H and O–H groups in total. The van der Waals surface area contributed by atoms with Crippen molar-refractivity contribution in [1.82, 2.24) is 10.2 Å². The predicted octanol–water partition coefficient (Wildman–Crippen LogP) is 2.31. The number of methoxy groups -OCH3 is 1. The van der Waals surface area contributed by atoms with Crippen LogP contribution in [0.25, 0.3) is 0 Å². The highest BCUT2D eigenvalue weighted by Crippen LogP contribution is 2.35. The van der Waals surface area contributed by atoms with Gasteiger partial charge in [-0.05, 0) is 30.7 Å². The van der Waals surface area contributed by atoms with Gasteiger partial charge in [-0.25, -0.2) is 0 Å². The summed E-state index contributed by atoms with van der Waals surface area (Å²) in [7, 11) is 1.59. The van der Waals surface area contributed by atoms with Gasteiger partial charge in [-0.15, -0.1) is 5.10 Å². The quantitative estimate of drug-likeness (QED) is 0.873. The van der Waals surface area contributed by atoms with E-state index in [9.17, 15) is 0 Å². The molecule has 1 heterocycles. The van der Waals surface area contributed by atoms with Gasteiger partial charge in [0.15, 0.2) is 0 Å². The van der Waals surface area contributed by atoms with Crippen LogP contribution in [0, 0.1) is 11.8 Å². The maximum Gasteiger partial charge on any atom is 0.233 e. The molecule has 1 fully saturated rings. The minimum absolute atomic E-state index is 0.0103. The van der Waals surface area contributed by atoms with Gasteiger partial charge in [0.25, 0.3) is 0 Å². The van der Waals surface area contributed by atoms with Crippen LogP contribution in [0.15, 0.2) is 12.1 Å². The number of hydrogen-bond donors (Lipinski definition) is 1. The van der Waals surface area contributed by atoms with E-state index in [2.05, 4.69) is 17.1 Å². The summed E-state index contributed by atoms with van der Waals surface area (Å²) < 4.78 is 5.00. The number of nitrogens with zero attached hydrogens (tertiary/aromatic N) is 2. The molecule has 4 nitrogen and oxygen atoms in total. The highest BCUT2D eigenvalue weighted by Gasteiger charge is 2.26. The maximum absolute atomic E-state index is 6.28. The largest absolute Gasteiger partial charge is 0.480 e. The Morgan fingerprint density at radius 3 is 2.76 bits per heavy atom. The highest BCUT2D eigenvalue weighted by atomic mass is 16.5. The second kappa shape index (κ2) is 5.45. The fourth-order valence-electron chi connectivity index (χ4n) is 2.67. The van der Waals surface area contributed by atoms with Gasteiger partial charge in [0, 0.05) is 6.07 Å². The fraction of sp³-hybridized carbons (Fsp3) is 0.692. The Morgan fingerprint density at radius 2 is 2.18 bits per heavy atom. The standard InChI is InChI=1S/C13H21N3O/c1-9-4-3-5-10(8-9)13(14)11-6-7-12(17-2)16-15-11/h6-7,9-10,13H,3-5,8,14H2,1-2H3. The fourth-order valence-corrected chi connectivity index (χ4v) is 2.67. The van der Waals surface area contributed by atoms with E-state index < -0.39 is 0 Å². The molecule has 2 rings (SSSR count). The van der Waals surface area contributed by atoms with Crippen LogP contribution in [0.5, 0.6) is 5.88 Å². The van der Waals surface area contributed by atoms with Crippen molar-refractivity contribution in [3.8, 4) is 5.88 Å². The molecule has 0 amide bonds. The van der Waals surface area contributed by atoms with Crippen LogP contribution < -0.4 is 10.5 Å². The Hall–Kier alpha value is -1.16. The summed E-state index contributed by atoms with van der Waals surface area (Å²) in [6.07, 6.45) is 5.02. The van der Waals surface area contributed by atoms with Crippen molar-refractivity contribution in [2.45, 2.75) is 38.6 Å². The Kier molecular flexibility index (Phi) is 3.94. The van der Waals surface area contributed by atoms with Crippen LogP contribution in [0.3, 0.4) is 0 Å². The summed E-state index contributed by atoms with van der Waals surface area (Å²) in [6.45, 7) is 2.30. The van der Waals surface area contributed by atoms with Crippen molar-refractivity contribution in [1.29, 1.82) is 0 Å². The number of ether oxygens (including phenoxy) is 1. The van der Waals surface area contributed by atoms with Crippen molar-refractivity contribution in [3.05, 3.63) is 17.8 Å². The summed E-state index contributed by atoms with van der Waals surface area (Å²) in [5.41, 5.74) is 7.16. The van der Waals surface area contributed by atoms with Crippen molar-refractivity contribution >= 4 is 0 Å². The van der Waals surface area contributed by atoms with Gasteiger partial charge in [-0.2, -0.15) is 5.10 Å². The van der Waals surface area contributed by atoms with Gasteiger partial charge in [0.2, 0.25) is 5.88 Å². The van der Waals surface area contributed by atoms with Crippen molar-refractivity contribution in [2.24, 2.45) is 17.6 Å². The zero-order valence-corrected chi connectivity index (χ0v) is 10.6. The van der Waals surface area contributed by atoms with Crippen LogP contribution in [0.2, 0.25) is 0 Å². The normalized spacial score (nSPS) is 26.5. The third-order valence-corrected chi connectivity index (χ3v) is 3.70. The number of rotatable bonds is 3. The molecule has 1 saturated carbocycles. The van der Waals surface area contributed by atoms with Crippen LogP contribution in [-0.4, -0.2) is 17.3 Å². The second-order valence-electron chi connectivity index (χ2n) is 5.06. The first-order valence-corrected chi connectivity index (χ1v) is 6.34. The van der Waals surface area contributed by atoms with Crippen molar-refractivity contribution in [3.63, 3.8) is 0 Å². The van der Waals surface area contributed by atoms with Crippen molar-refractivity contribution < 1.29 is 4.74 Å². The van der Waals surface area contributed by atoms with Gasteiger partial charge in [-0.3, -0.25) is 0 Å². The van der Waals surface area contributed by atoms with E-state index in [1.54, 1.807) is 7.11 Å². The van der Waals surface area contributed by atoms with E-state index >= 15 is 0 Å². The molecule has 1 aliphatic rings. The van der Waals surface area contributed by atoms with E-state index in [0.717, 1.165) is 11.6 Å². The number of aromatic nitrogens is 2. The summed E-state index contributed by atoms with van der Waals surface area (Å²) in [6, 6.07) is 3.76. The second-order valence-corrected chi connectivity index (χ2v) is 5.06. The molecule has 0 spiro atoms. The molecule has 0 bridgehead atoms. The third-order valence-electron chi connectivity index (χ3n) is 3.70. The van der Waals surface area contributed by atoms with Gasteiger partial charge >= 0.3 is 0 Å².